The van der Waals surface area contributed by atoms with E-state index >= 15 is 0 Å². The van der Waals surface area contributed by atoms with E-state index in [4.69, 9.17) is 23.8 Å². The van der Waals surface area contributed by atoms with Gasteiger partial charge in [-0.3, -0.25) is 14.6 Å². The second-order valence-electron chi connectivity index (χ2n) is 4.71. The van der Waals surface area contributed by atoms with E-state index in [9.17, 15) is 0 Å². The van der Waals surface area contributed by atoms with Gasteiger partial charge in [-0.2, -0.15) is 5.10 Å². The Balaban J connectivity index is 2.05. The number of pyridine rings is 1. The molecule has 0 aliphatic carbocycles. The number of aryl methyl sites for hydroxylation is 1. The molecule has 106 valence electrons. The van der Waals surface area contributed by atoms with Crippen molar-refractivity contribution in [3.05, 3.63) is 69.5 Å². The fourth-order valence-corrected chi connectivity index (χ4v) is 2.53. The van der Waals surface area contributed by atoms with E-state index in [1.54, 1.807) is 6.20 Å². The molecule has 0 radical (unpaired) electrons. The Bertz CT molecular complexity index is 823. The van der Waals surface area contributed by atoms with Gasteiger partial charge in [0, 0.05) is 16.9 Å². The fraction of sp³-hybridized carbons (Fsp3) is 0.133. The number of hydrogen-bond donors (Lipinski definition) is 1. The highest BCUT2D eigenvalue weighted by Gasteiger charge is 2.10. The second kappa shape index (κ2) is 5.79. The normalized spacial score (nSPS) is 10.8. The number of H-pyrrole nitrogens is 1. The standard InChI is InChI=1S/C15H13ClN4S/c1-10-5-6-12(9-13(10)16)20-14(18-19-15(20)21)8-11-4-2-3-7-17-11/h2-7,9H,8H2,1H3,(H,19,21). The highest BCUT2D eigenvalue weighted by Crippen LogP contribution is 2.21. The zero-order valence-electron chi connectivity index (χ0n) is 11.4. The van der Waals surface area contributed by atoms with Crippen LogP contribution in [0.5, 0.6) is 0 Å². The maximum Gasteiger partial charge on any atom is 0.199 e. The van der Waals surface area contributed by atoms with Crippen LogP contribution in [0.25, 0.3) is 5.69 Å². The zero-order chi connectivity index (χ0) is 14.8. The maximum absolute atomic E-state index is 6.21. The van der Waals surface area contributed by atoms with Crippen molar-refractivity contribution in [2.24, 2.45) is 0 Å². The van der Waals surface area contributed by atoms with Gasteiger partial charge in [-0.1, -0.05) is 23.7 Å². The van der Waals surface area contributed by atoms with Crippen LogP contribution in [0.15, 0.2) is 42.6 Å². The molecule has 0 aliphatic rings. The topological polar surface area (TPSA) is 46.5 Å². The molecular weight excluding hydrogens is 304 g/mol. The molecule has 1 aromatic carbocycles. The molecule has 0 unspecified atom stereocenters. The maximum atomic E-state index is 6.21. The molecule has 6 heteroatoms. The number of nitrogens with one attached hydrogen (secondary N) is 1. The van der Waals surface area contributed by atoms with Crippen LogP contribution < -0.4 is 0 Å². The van der Waals surface area contributed by atoms with Crippen molar-refractivity contribution in [3.63, 3.8) is 0 Å². The molecule has 1 N–H and O–H groups in total. The molecule has 2 aromatic heterocycles. The number of benzene rings is 1. The molecule has 2 heterocycles. The van der Waals surface area contributed by atoms with Gasteiger partial charge in [-0.05, 0) is 49.0 Å². The Kier molecular flexibility index (Phi) is 3.86. The molecule has 0 saturated heterocycles. The predicted octanol–water partition coefficient (Wildman–Crippen LogP) is 3.88. The van der Waals surface area contributed by atoms with E-state index in [0.717, 1.165) is 22.8 Å². The minimum absolute atomic E-state index is 0.542. The third-order valence-electron chi connectivity index (χ3n) is 3.22. The lowest BCUT2D eigenvalue weighted by Gasteiger charge is -2.08. The first-order chi connectivity index (χ1) is 10.1. The summed E-state index contributed by atoms with van der Waals surface area (Å²) >= 11 is 11.5. The Hall–Kier alpha value is -1.98. The summed E-state index contributed by atoms with van der Waals surface area (Å²) < 4.78 is 2.43. The lowest BCUT2D eigenvalue weighted by atomic mass is 10.2. The molecule has 0 aliphatic heterocycles. The van der Waals surface area contributed by atoms with E-state index in [0.29, 0.717) is 16.2 Å². The van der Waals surface area contributed by atoms with Crippen molar-refractivity contribution in [2.45, 2.75) is 13.3 Å². The SMILES string of the molecule is Cc1ccc(-n2c(Cc3ccccn3)n[nH]c2=S)cc1Cl. The van der Waals surface area contributed by atoms with Gasteiger partial charge in [0.15, 0.2) is 4.77 Å². The van der Waals surface area contributed by atoms with Crippen LogP contribution in [-0.4, -0.2) is 19.7 Å². The van der Waals surface area contributed by atoms with E-state index in [1.165, 1.54) is 0 Å². The van der Waals surface area contributed by atoms with Gasteiger partial charge < -0.3 is 0 Å². The average molecular weight is 317 g/mol. The minimum atomic E-state index is 0.542. The van der Waals surface area contributed by atoms with E-state index in [2.05, 4.69) is 15.2 Å². The Morgan fingerprint density at radius 1 is 1.29 bits per heavy atom. The Labute approximate surface area is 132 Å². The van der Waals surface area contributed by atoms with E-state index in [1.807, 2.05) is 47.9 Å². The first kappa shape index (κ1) is 14.0. The van der Waals surface area contributed by atoms with Crippen LogP contribution in [0.3, 0.4) is 0 Å². The van der Waals surface area contributed by atoms with Crippen LogP contribution in [0.4, 0.5) is 0 Å². The van der Waals surface area contributed by atoms with Gasteiger partial charge in [0.1, 0.15) is 5.82 Å². The molecular formula is C15H13ClN4S. The highest BCUT2D eigenvalue weighted by molar-refractivity contribution is 7.71. The summed E-state index contributed by atoms with van der Waals surface area (Å²) in [6.07, 6.45) is 2.36. The lowest BCUT2D eigenvalue weighted by Crippen LogP contribution is -2.03. The molecule has 0 amide bonds. The predicted molar refractivity (Wildman–Crippen MR) is 85.5 cm³/mol. The summed E-state index contributed by atoms with van der Waals surface area (Å²) in [6, 6.07) is 11.6. The average Bonchev–Trinajstić information content (AvgIpc) is 2.84. The van der Waals surface area contributed by atoms with Crippen molar-refractivity contribution < 1.29 is 0 Å². The molecule has 0 atom stereocenters. The molecule has 3 aromatic rings. The van der Waals surface area contributed by atoms with Gasteiger partial charge in [-0.15, -0.1) is 0 Å². The largest absolute Gasteiger partial charge is 0.272 e. The summed E-state index contributed by atoms with van der Waals surface area (Å²) in [5, 5.41) is 7.84. The number of nitrogens with zero attached hydrogens (tertiary/aromatic N) is 3. The molecule has 0 fully saturated rings. The van der Waals surface area contributed by atoms with Crippen molar-refractivity contribution in [2.75, 3.05) is 0 Å². The lowest BCUT2D eigenvalue weighted by molar-refractivity contribution is 0.881. The van der Waals surface area contributed by atoms with Crippen LogP contribution >= 0.6 is 23.8 Å². The summed E-state index contributed by atoms with van der Waals surface area (Å²) in [5.41, 5.74) is 2.86. The van der Waals surface area contributed by atoms with Gasteiger partial charge >= 0.3 is 0 Å². The molecule has 4 nitrogen and oxygen atoms in total. The van der Waals surface area contributed by atoms with E-state index in [-0.39, 0.29) is 0 Å². The van der Waals surface area contributed by atoms with Gasteiger partial charge in [0.25, 0.3) is 0 Å². The summed E-state index contributed by atoms with van der Waals surface area (Å²) in [7, 11) is 0. The van der Waals surface area contributed by atoms with Crippen molar-refractivity contribution in [1.29, 1.82) is 0 Å². The van der Waals surface area contributed by atoms with Crippen molar-refractivity contribution in [3.8, 4) is 5.69 Å². The van der Waals surface area contributed by atoms with Crippen LogP contribution in [0.2, 0.25) is 5.02 Å². The highest BCUT2D eigenvalue weighted by atomic mass is 35.5. The van der Waals surface area contributed by atoms with Crippen LogP contribution in [-0.2, 0) is 6.42 Å². The Morgan fingerprint density at radius 3 is 2.86 bits per heavy atom. The van der Waals surface area contributed by atoms with Gasteiger partial charge in [0.05, 0.1) is 12.1 Å². The first-order valence-corrected chi connectivity index (χ1v) is 7.26. The van der Waals surface area contributed by atoms with Crippen LogP contribution in [0, 0.1) is 11.7 Å². The third kappa shape index (κ3) is 2.89. The van der Waals surface area contributed by atoms with Crippen molar-refractivity contribution >= 4 is 23.8 Å². The molecule has 21 heavy (non-hydrogen) atoms. The minimum Gasteiger partial charge on any atom is -0.272 e. The summed E-state index contributed by atoms with van der Waals surface area (Å²) in [5.74, 6) is 0.804. The summed E-state index contributed by atoms with van der Waals surface area (Å²) in [4.78, 5) is 4.32. The number of aromatic amines is 1. The monoisotopic (exact) mass is 316 g/mol. The number of hydrogen-bond acceptors (Lipinski definition) is 3. The quantitative estimate of drug-likeness (QED) is 0.746. The van der Waals surface area contributed by atoms with Crippen molar-refractivity contribution in [1.82, 2.24) is 19.7 Å². The molecule has 0 bridgehead atoms. The fourth-order valence-electron chi connectivity index (χ4n) is 2.10. The third-order valence-corrected chi connectivity index (χ3v) is 3.90. The molecule has 0 saturated carbocycles. The Morgan fingerprint density at radius 2 is 2.14 bits per heavy atom. The zero-order valence-corrected chi connectivity index (χ0v) is 12.9. The number of rotatable bonds is 3. The van der Waals surface area contributed by atoms with Crippen LogP contribution in [0.1, 0.15) is 17.1 Å². The first-order valence-electron chi connectivity index (χ1n) is 6.48. The number of halogens is 1. The van der Waals surface area contributed by atoms with E-state index < -0.39 is 0 Å². The van der Waals surface area contributed by atoms with Gasteiger partial charge in [0.2, 0.25) is 0 Å². The molecule has 0 spiro atoms. The summed E-state index contributed by atoms with van der Waals surface area (Å²) in [6.45, 7) is 1.97. The molecule has 3 rings (SSSR count). The van der Waals surface area contributed by atoms with Gasteiger partial charge in [-0.25, -0.2) is 0 Å². The second-order valence-corrected chi connectivity index (χ2v) is 5.51. The smallest absolute Gasteiger partial charge is 0.199 e. The number of aromatic nitrogens is 4.